The van der Waals surface area contributed by atoms with E-state index in [2.05, 4.69) is 10.6 Å². The maximum Gasteiger partial charge on any atom is 0.314 e. The van der Waals surface area contributed by atoms with E-state index in [-0.39, 0.29) is 18.4 Å². The van der Waals surface area contributed by atoms with Crippen LogP contribution in [0.2, 0.25) is 0 Å². The fourth-order valence-corrected chi connectivity index (χ4v) is 1.88. The molecule has 1 atom stereocenters. The number of hydrogen-bond donors (Lipinski definition) is 2. The van der Waals surface area contributed by atoms with Gasteiger partial charge in [-0.3, -0.25) is 9.59 Å². The molecular formula is C16H24N2O3. The van der Waals surface area contributed by atoms with Crippen LogP contribution < -0.4 is 10.6 Å². The van der Waals surface area contributed by atoms with Crippen LogP contribution in [0.5, 0.6) is 0 Å². The van der Waals surface area contributed by atoms with Crippen LogP contribution in [0.4, 0.5) is 0 Å². The normalized spacial score (nSPS) is 12.0. The lowest BCUT2D eigenvalue weighted by atomic mass is 9.99. The van der Waals surface area contributed by atoms with Crippen molar-refractivity contribution in [2.45, 2.75) is 19.8 Å². The molecule has 1 rings (SSSR count). The first-order chi connectivity index (χ1) is 10.0. The van der Waals surface area contributed by atoms with Crippen molar-refractivity contribution in [3.05, 3.63) is 35.9 Å². The van der Waals surface area contributed by atoms with Gasteiger partial charge in [-0.25, -0.2) is 0 Å². The lowest BCUT2D eigenvalue weighted by Gasteiger charge is -2.16. The predicted molar refractivity (Wildman–Crippen MR) is 81.9 cm³/mol. The Bertz CT molecular complexity index is 446. The van der Waals surface area contributed by atoms with Crippen LogP contribution in [0.1, 0.15) is 25.3 Å². The van der Waals surface area contributed by atoms with Crippen molar-refractivity contribution in [2.24, 2.45) is 5.92 Å². The van der Waals surface area contributed by atoms with E-state index in [0.717, 1.165) is 5.56 Å². The molecule has 0 heterocycles. The third-order valence-electron chi connectivity index (χ3n) is 3.03. The number of ether oxygens (including phenoxy) is 1. The standard InChI is InChI=1S/C16H24N2O3/c1-12(2)9-18-15(19)11-17-10-14(16(20)21-3)13-7-5-4-6-8-13/h4-8,12,14,17H,9-11H2,1-3H3,(H,18,19). The number of esters is 1. The SMILES string of the molecule is COC(=O)C(CNCC(=O)NCC(C)C)c1ccccc1. The molecule has 116 valence electrons. The van der Waals surface area contributed by atoms with E-state index in [1.165, 1.54) is 7.11 Å². The van der Waals surface area contributed by atoms with Crippen molar-refractivity contribution in [2.75, 3.05) is 26.7 Å². The van der Waals surface area contributed by atoms with Crippen LogP contribution in [0.25, 0.3) is 0 Å². The number of methoxy groups -OCH3 is 1. The van der Waals surface area contributed by atoms with E-state index in [1.54, 1.807) is 0 Å². The minimum atomic E-state index is -0.408. The Morgan fingerprint density at radius 3 is 2.38 bits per heavy atom. The van der Waals surface area contributed by atoms with Crippen LogP contribution in [-0.2, 0) is 14.3 Å². The molecule has 2 N–H and O–H groups in total. The zero-order chi connectivity index (χ0) is 15.7. The van der Waals surface area contributed by atoms with Crippen molar-refractivity contribution in [1.82, 2.24) is 10.6 Å². The zero-order valence-electron chi connectivity index (χ0n) is 12.9. The van der Waals surface area contributed by atoms with Crippen molar-refractivity contribution in [3.63, 3.8) is 0 Å². The van der Waals surface area contributed by atoms with Crippen LogP contribution in [0.15, 0.2) is 30.3 Å². The summed E-state index contributed by atoms with van der Waals surface area (Å²) in [5, 5.41) is 5.83. The van der Waals surface area contributed by atoms with Gasteiger partial charge in [-0.2, -0.15) is 0 Å². The van der Waals surface area contributed by atoms with Crippen molar-refractivity contribution in [3.8, 4) is 0 Å². The Kier molecular flexibility index (Phi) is 7.46. The summed E-state index contributed by atoms with van der Waals surface area (Å²) in [6, 6.07) is 9.40. The summed E-state index contributed by atoms with van der Waals surface area (Å²) in [6.45, 7) is 5.28. The highest BCUT2D eigenvalue weighted by atomic mass is 16.5. The van der Waals surface area contributed by atoms with Crippen LogP contribution in [0.3, 0.4) is 0 Å². The summed E-state index contributed by atoms with van der Waals surface area (Å²) in [5.74, 6) is -0.369. The minimum absolute atomic E-state index is 0.0691. The molecule has 1 aromatic carbocycles. The number of carbonyl (C=O) groups excluding carboxylic acids is 2. The monoisotopic (exact) mass is 292 g/mol. The average molecular weight is 292 g/mol. The number of hydrogen-bond acceptors (Lipinski definition) is 4. The molecule has 0 aliphatic heterocycles. The average Bonchev–Trinajstić information content (AvgIpc) is 2.49. The molecule has 1 aromatic rings. The lowest BCUT2D eigenvalue weighted by molar-refractivity contribution is -0.142. The van der Waals surface area contributed by atoms with Crippen LogP contribution in [0, 0.1) is 5.92 Å². The summed E-state index contributed by atoms with van der Waals surface area (Å²) in [4.78, 5) is 23.5. The molecule has 0 saturated carbocycles. The summed E-state index contributed by atoms with van der Waals surface area (Å²) in [5.41, 5.74) is 0.874. The molecule has 0 aliphatic carbocycles. The van der Waals surface area contributed by atoms with E-state index < -0.39 is 5.92 Å². The second-order valence-corrected chi connectivity index (χ2v) is 5.32. The van der Waals surface area contributed by atoms with Gasteiger partial charge in [0.2, 0.25) is 5.91 Å². The van der Waals surface area contributed by atoms with Gasteiger partial charge in [-0.05, 0) is 11.5 Å². The first kappa shape index (κ1) is 17.2. The molecule has 21 heavy (non-hydrogen) atoms. The highest BCUT2D eigenvalue weighted by Crippen LogP contribution is 2.15. The van der Waals surface area contributed by atoms with Gasteiger partial charge < -0.3 is 15.4 Å². The number of carbonyl (C=O) groups is 2. The van der Waals surface area contributed by atoms with E-state index in [9.17, 15) is 9.59 Å². The van der Waals surface area contributed by atoms with E-state index >= 15 is 0 Å². The molecule has 1 amide bonds. The number of amides is 1. The summed E-state index contributed by atoms with van der Waals surface area (Å²) in [7, 11) is 1.37. The maximum absolute atomic E-state index is 11.8. The van der Waals surface area contributed by atoms with Gasteiger partial charge in [0.25, 0.3) is 0 Å². The van der Waals surface area contributed by atoms with Gasteiger partial charge in [-0.15, -0.1) is 0 Å². The summed E-state index contributed by atoms with van der Waals surface area (Å²) in [6.07, 6.45) is 0. The third kappa shape index (κ3) is 6.40. The Morgan fingerprint density at radius 1 is 1.14 bits per heavy atom. The minimum Gasteiger partial charge on any atom is -0.469 e. The highest BCUT2D eigenvalue weighted by molar-refractivity contribution is 5.79. The molecular weight excluding hydrogens is 268 g/mol. The van der Waals surface area contributed by atoms with Gasteiger partial charge in [0, 0.05) is 13.1 Å². The molecule has 0 radical (unpaired) electrons. The Morgan fingerprint density at radius 2 is 1.81 bits per heavy atom. The van der Waals surface area contributed by atoms with Gasteiger partial charge >= 0.3 is 5.97 Å². The number of benzene rings is 1. The van der Waals surface area contributed by atoms with E-state index in [4.69, 9.17) is 4.74 Å². The molecule has 0 aliphatic rings. The topological polar surface area (TPSA) is 67.4 Å². The lowest BCUT2D eigenvalue weighted by Crippen LogP contribution is -2.38. The van der Waals surface area contributed by atoms with E-state index in [0.29, 0.717) is 19.0 Å². The Hall–Kier alpha value is -1.88. The van der Waals surface area contributed by atoms with Gasteiger partial charge in [0.05, 0.1) is 19.6 Å². The molecule has 5 heteroatoms. The number of nitrogens with one attached hydrogen (secondary N) is 2. The van der Waals surface area contributed by atoms with Crippen molar-refractivity contribution in [1.29, 1.82) is 0 Å². The second kappa shape index (κ2) is 9.13. The molecule has 0 fully saturated rings. The first-order valence-corrected chi connectivity index (χ1v) is 7.14. The largest absolute Gasteiger partial charge is 0.469 e. The predicted octanol–water partition coefficient (Wildman–Crippen LogP) is 1.30. The Labute approximate surface area is 126 Å². The molecule has 0 spiro atoms. The van der Waals surface area contributed by atoms with Crippen LogP contribution >= 0.6 is 0 Å². The zero-order valence-corrected chi connectivity index (χ0v) is 12.9. The van der Waals surface area contributed by atoms with Gasteiger partial charge in [0.15, 0.2) is 0 Å². The first-order valence-electron chi connectivity index (χ1n) is 7.14. The molecule has 1 unspecified atom stereocenters. The third-order valence-corrected chi connectivity index (χ3v) is 3.03. The maximum atomic E-state index is 11.8. The fourth-order valence-electron chi connectivity index (χ4n) is 1.88. The highest BCUT2D eigenvalue weighted by Gasteiger charge is 2.21. The molecule has 5 nitrogen and oxygen atoms in total. The summed E-state index contributed by atoms with van der Waals surface area (Å²) >= 11 is 0. The van der Waals surface area contributed by atoms with Crippen molar-refractivity contribution < 1.29 is 14.3 Å². The fraction of sp³-hybridized carbons (Fsp3) is 0.500. The molecule has 0 saturated heterocycles. The molecule has 0 aromatic heterocycles. The van der Waals surface area contributed by atoms with Crippen molar-refractivity contribution >= 4 is 11.9 Å². The van der Waals surface area contributed by atoms with Crippen LogP contribution in [-0.4, -0.2) is 38.6 Å². The van der Waals surface area contributed by atoms with Gasteiger partial charge in [0.1, 0.15) is 0 Å². The second-order valence-electron chi connectivity index (χ2n) is 5.32. The Balaban J connectivity index is 2.48. The van der Waals surface area contributed by atoms with E-state index in [1.807, 2.05) is 44.2 Å². The quantitative estimate of drug-likeness (QED) is 0.709. The van der Waals surface area contributed by atoms with Gasteiger partial charge in [-0.1, -0.05) is 44.2 Å². The number of rotatable bonds is 8. The molecule has 0 bridgehead atoms. The smallest absolute Gasteiger partial charge is 0.314 e. The summed E-state index contributed by atoms with van der Waals surface area (Å²) < 4.78 is 4.82.